The third-order valence-corrected chi connectivity index (χ3v) is 4.11. The molecule has 24 heavy (non-hydrogen) atoms. The standard InChI is InChI=1S/C17H18BrN3O3/c18-13-9-19-17(20-10-13)24-15-7-4-8-21(11-15)16(22)12-23-14-5-2-1-3-6-14/h1-3,5-6,9-10,15H,4,7-8,11-12H2. The van der Waals surface area contributed by atoms with Crippen LogP contribution in [0.15, 0.2) is 47.2 Å². The van der Waals surface area contributed by atoms with Gasteiger partial charge in [-0.2, -0.15) is 0 Å². The fourth-order valence-corrected chi connectivity index (χ4v) is 2.73. The minimum Gasteiger partial charge on any atom is -0.484 e. The smallest absolute Gasteiger partial charge is 0.316 e. The number of para-hydroxylation sites is 1. The number of likely N-dealkylation sites (tertiary alicyclic amines) is 1. The molecule has 1 aromatic carbocycles. The van der Waals surface area contributed by atoms with Crippen molar-refractivity contribution >= 4 is 21.8 Å². The van der Waals surface area contributed by atoms with E-state index in [-0.39, 0.29) is 18.6 Å². The zero-order valence-corrected chi connectivity index (χ0v) is 14.7. The van der Waals surface area contributed by atoms with Gasteiger partial charge in [0.2, 0.25) is 0 Å². The average molecular weight is 392 g/mol. The summed E-state index contributed by atoms with van der Waals surface area (Å²) < 4.78 is 12.1. The van der Waals surface area contributed by atoms with Crippen LogP contribution in [0.4, 0.5) is 0 Å². The maximum atomic E-state index is 12.3. The number of benzene rings is 1. The van der Waals surface area contributed by atoms with Crippen molar-refractivity contribution < 1.29 is 14.3 Å². The maximum Gasteiger partial charge on any atom is 0.316 e. The van der Waals surface area contributed by atoms with Gasteiger partial charge in [-0.3, -0.25) is 4.79 Å². The van der Waals surface area contributed by atoms with Crippen molar-refractivity contribution in [2.75, 3.05) is 19.7 Å². The van der Waals surface area contributed by atoms with Crippen molar-refractivity contribution in [1.82, 2.24) is 14.9 Å². The molecule has 3 rings (SSSR count). The van der Waals surface area contributed by atoms with Crippen molar-refractivity contribution in [3.05, 3.63) is 47.2 Å². The van der Waals surface area contributed by atoms with Crippen LogP contribution in [-0.4, -0.2) is 46.6 Å². The Bertz CT molecular complexity index is 667. The number of rotatable bonds is 5. The molecule has 1 aliphatic heterocycles. The molecule has 6 nitrogen and oxygen atoms in total. The van der Waals surface area contributed by atoms with Gasteiger partial charge >= 0.3 is 6.01 Å². The summed E-state index contributed by atoms with van der Waals surface area (Å²) in [5, 5.41) is 0. The van der Waals surface area contributed by atoms with Gasteiger partial charge in [0.15, 0.2) is 6.61 Å². The highest BCUT2D eigenvalue weighted by Crippen LogP contribution is 2.17. The summed E-state index contributed by atoms with van der Waals surface area (Å²) >= 11 is 3.29. The van der Waals surface area contributed by atoms with Crippen LogP contribution in [0.25, 0.3) is 0 Å². The van der Waals surface area contributed by atoms with Gasteiger partial charge in [0.05, 0.1) is 11.0 Å². The number of carbonyl (C=O) groups is 1. The molecule has 0 saturated carbocycles. The molecule has 0 bridgehead atoms. The zero-order valence-electron chi connectivity index (χ0n) is 13.1. The second-order valence-corrected chi connectivity index (χ2v) is 6.42. The molecule has 2 heterocycles. The minimum atomic E-state index is -0.0967. The van der Waals surface area contributed by atoms with Crippen molar-refractivity contribution in [3.8, 4) is 11.8 Å². The number of piperidine rings is 1. The van der Waals surface area contributed by atoms with Gasteiger partial charge in [-0.1, -0.05) is 18.2 Å². The predicted molar refractivity (Wildman–Crippen MR) is 91.9 cm³/mol. The van der Waals surface area contributed by atoms with E-state index in [0.29, 0.717) is 18.3 Å². The molecular weight excluding hydrogens is 374 g/mol. The first kappa shape index (κ1) is 16.7. The number of hydrogen-bond donors (Lipinski definition) is 0. The number of hydrogen-bond acceptors (Lipinski definition) is 5. The highest BCUT2D eigenvalue weighted by Gasteiger charge is 2.25. The van der Waals surface area contributed by atoms with Crippen LogP contribution in [0.1, 0.15) is 12.8 Å². The molecule has 1 atom stereocenters. The molecule has 0 aliphatic carbocycles. The largest absolute Gasteiger partial charge is 0.484 e. The van der Waals surface area contributed by atoms with Crippen molar-refractivity contribution in [1.29, 1.82) is 0 Å². The maximum absolute atomic E-state index is 12.3. The lowest BCUT2D eigenvalue weighted by molar-refractivity contribution is -0.136. The van der Waals surface area contributed by atoms with Gasteiger partial charge < -0.3 is 14.4 Å². The Morgan fingerprint density at radius 1 is 1.25 bits per heavy atom. The number of carbonyl (C=O) groups excluding carboxylic acids is 1. The van der Waals surface area contributed by atoms with Crippen LogP contribution < -0.4 is 9.47 Å². The predicted octanol–water partition coefficient (Wildman–Crippen LogP) is 2.69. The topological polar surface area (TPSA) is 64.5 Å². The first-order chi connectivity index (χ1) is 11.7. The van der Waals surface area contributed by atoms with Crippen LogP contribution in [0.5, 0.6) is 11.8 Å². The van der Waals surface area contributed by atoms with Crippen molar-refractivity contribution in [2.45, 2.75) is 18.9 Å². The van der Waals surface area contributed by atoms with E-state index in [1.54, 1.807) is 17.3 Å². The van der Waals surface area contributed by atoms with Crippen molar-refractivity contribution in [2.24, 2.45) is 0 Å². The van der Waals surface area contributed by atoms with E-state index in [1.165, 1.54) is 0 Å². The zero-order chi connectivity index (χ0) is 16.8. The number of halogens is 1. The van der Waals surface area contributed by atoms with Gasteiger partial charge in [0.1, 0.15) is 11.9 Å². The first-order valence-corrected chi connectivity index (χ1v) is 8.60. The Kier molecular flexibility index (Phi) is 5.63. The quantitative estimate of drug-likeness (QED) is 0.783. The van der Waals surface area contributed by atoms with E-state index >= 15 is 0 Å². The molecule has 0 spiro atoms. The highest BCUT2D eigenvalue weighted by atomic mass is 79.9. The van der Waals surface area contributed by atoms with Crippen molar-refractivity contribution in [3.63, 3.8) is 0 Å². The van der Waals surface area contributed by atoms with Crippen LogP contribution >= 0.6 is 15.9 Å². The number of ether oxygens (including phenoxy) is 2. The van der Waals surface area contributed by atoms with E-state index in [9.17, 15) is 4.79 Å². The molecule has 7 heteroatoms. The Morgan fingerprint density at radius 3 is 2.75 bits per heavy atom. The first-order valence-electron chi connectivity index (χ1n) is 7.80. The van der Waals surface area contributed by atoms with Gasteiger partial charge in [0.25, 0.3) is 5.91 Å². The summed E-state index contributed by atoms with van der Waals surface area (Å²) in [7, 11) is 0. The van der Waals surface area contributed by atoms with Crippen LogP contribution in [0.3, 0.4) is 0 Å². The Balaban J connectivity index is 1.51. The normalized spacial score (nSPS) is 17.4. The third-order valence-electron chi connectivity index (χ3n) is 3.71. The molecule has 1 aliphatic rings. The monoisotopic (exact) mass is 391 g/mol. The lowest BCUT2D eigenvalue weighted by Gasteiger charge is -2.32. The van der Waals surface area contributed by atoms with Gasteiger partial charge in [-0.25, -0.2) is 9.97 Å². The number of amides is 1. The summed E-state index contributed by atoms with van der Waals surface area (Å²) in [6.07, 6.45) is 4.95. The lowest BCUT2D eigenvalue weighted by atomic mass is 10.1. The molecule has 1 fully saturated rings. The van der Waals surface area contributed by atoms with Crippen LogP contribution in [0.2, 0.25) is 0 Å². The second-order valence-electron chi connectivity index (χ2n) is 5.51. The fraction of sp³-hybridized carbons (Fsp3) is 0.353. The van der Waals surface area contributed by atoms with Gasteiger partial charge in [-0.05, 0) is 40.9 Å². The summed E-state index contributed by atoms with van der Waals surface area (Å²) in [5.74, 6) is 0.655. The fourth-order valence-electron chi connectivity index (χ4n) is 2.52. The molecule has 126 valence electrons. The van der Waals surface area contributed by atoms with E-state index in [0.717, 1.165) is 23.9 Å². The number of nitrogens with zero attached hydrogens (tertiary/aromatic N) is 3. The second kappa shape index (κ2) is 8.10. The van der Waals surface area contributed by atoms with E-state index in [1.807, 2.05) is 30.3 Å². The van der Waals surface area contributed by atoms with E-state index in [4.69, 9.17) is 9.47 Å². The molecule has 2 aromatic rings. The molecule has 0 N–H and O–H groups in total. The lowest BCUT2D eigenvalue weighted by Crippen LogP contribution is -2.46. The Morgan fingerprint density at radius 2 is 2.00 bits per heavy atom. The molecule has 1 aromatic heterocycles. The molecule has 0 radical (unpaired) electrons. The average Bonchev–Trinajstić information content (AvgIpc) is 2.63. The Hall–Kier alpha value is -2.15. The van der Waals surface area contributed by atoms with Gasteiger partial charge in [0, 0.05) is 18.9 Å². The molecular formula is C17H18BrN3O3. The molecule has 1 saturated heterocycles. The third kappa shape index (κ3) is 4.67. The highest BCUT2D eigenvalue weighted by molar-refractivity contribution is 9.10. The SMILES string of the molecule is O=C(COc1ccccc1)N1CCCC(Oc2ncc(Br)cn2)C1. The summed E-state index contributed by atoms with van der Waals surface area (Å²) in [6.45, 7) is 1.28. The number of aromatic nitrogens is 2. The van der Waals surface area contributed by atoms with E-state index in [2.05, 4.69) is 25.9 Å². The van der Waals surface area contributed by atoms with Crippen LogP contribution in [0, 0.1) is 0 Å². The summed E-state index contributed by atoms with van der Waals surface area (Å²) in [5.41, 5.74) is 0. The molecule has 1 amide bonds. The minimum absolute atomic E-state index is 0.0333. The molecule has 1 unspecified atom stereocenters. The van der Waals surface area contributed by atoms with Gasteiger partial charge in [-0.15, -0.1) is 0 Å². The summed E-state index contributed by atoms with van der Waals surface area (Å²) in [4.78, 5) is 22.3. The Labute approximate surface area is 148 Å². The summed E-state index contributed by atoms with van der Waals surface area (Å²) in [6, 6.07) is 9.66. The van der Waals surface area contributed by atoms with E-state index < -0.39 is 0 Å². The van der Waals surface area contributed by atoms with Crippen LogP contribution in [-0.2, 0) is 4.79 Å².